The molecule has 5 heteroatoms. The summed E-state index contributed by atoms with van der Waals surface area (Å²) in [4.78, 5) is 4.43. The molecule has 0 radical (unpaired) electrons. The van der Waals surface area contributed by atoms with Gasteiger partial charge in [0.1, 0.15) is 11.9 Å². The molecule has 1 aliphatic rings. The Morgan fingerprint density at radius 3 is 2.85 bits per heavy atom. The number of nitriles is 1. The third kappa shape index (κ3) is 3.47. The Kier molecular flexibility index (Phi) is 4.94. The molecule has 0 aliphatic carbocycles. The fraction of sp³-hybridized carbons (Fsp3) is 0.600. The number of aromatic nitrogens is 1. The first-order valence-corrected chi connectivity index (χ1v) is 7.00. The number of nitrogens with zero attached hydrogens (tertiary/aromatic N) is 2. The minimum Gasteiger partial charge on any atom is -0.384 e. The predicted octanol–water partition coefficient (Wildman–Crippen LogP) is 1.69. The minimum atomic E-state index is 0.123. The number of methoxy groups -OCH3 is 1. The summed E-state index contributed by atoms with van der Waals surface area (Å²) in [7, 11) is 1.75. The highest BCUT2D eigenvalue weighted by molar-refractivity contribution is 5.52. The van der Waals surface area contributed by atoms with Crippen LogP contribution in [0.2, 0.25) is 0 Å². The van der Waals surface area contributed by atoms with Crippen LogP contribution in [0, 0.1) is 23.7 Å². The van der Waals surface area contributed by atoms with Gasteiger partial charge in [-0.25, -0.2) is 4.98 Å². The normalized spacial score (nSPS) is 17.4. The smallest absolute Gasteiger partial charge is 0.144 e. The van der Waals surface area contributed by atoms with E-state index in [9.17, 15) is 0 Å². The van der Waals surface area contributed by atoms with Gasteiger partial charge >= 0.3 is 0 Å². The average Bonchev–Trinajstić information content (AvgIpc) is 2.47. The van der Waals surface area contributed by atoms with Crippen LogP contribution in [0.3, 0.4) is 0 Å². The van der Waals surface area contributed by atoms with Crippen molar-refractivity contribution in [2.24, 2.45) is 5.41 Å². The van der Waals surface area contributed by atoms with Crippen LogP contribution in [0.4, 0.5) is 5.82 Å². The van der Waals surface area contributed by atoms with E-state index in [4.69, 9.17) is 10.00 Å². The lowest BCUT2D eigenvalue weighted by Crippen LogP contribution is -2.44. The Morgan fingerprint density at radius 1 is 1.45 bits per heavy atom. The van der Waals surface area contributed by atoms with Gasteiger partial charge in [-0.05, 0) is 45.0 Å². The summed E-state index contributed by atoms with van der Waals surface area (Å²) in [6.45, 7) is 5.47. The second-order valence-electron chi connectivity index (χ2n) is 5.50. The Hall–Kier alpha value is -1.64. The molecule has 2 N–H and O–H groups in total. The van der Waals surface area contributed by atoms with Gasteiger partial charge in [-0.15, -0.1) is 0 Å². The van der Waals surface area contributed by atoms with Gasteiger partial charge in [-0.1, -0.05) is 0 Å². The van der Waals surface area contributed by atoms with Gasteiger partial charge in [0.15, 0.2) is 0 Å². The Bertz CT molecular complexity index is 484. The number of nitrogens with one attached hydrogen (secondary N) is 2. The molecule has 1 fully saturated rings. The van der Waals surface area contributed by atoms with Gasteiger partial charge in [-0.3, -0.25) is 0 Å². The second-order valence-corrected chi connectivity index (χ2v) is 5.50. The summed E-state index contributed by atoms with van der Waals surface area (Å²) in [5.74, 6) is 0.682. The third-order valence-corrected chi connectivity index (χ3v) is 3.90. The highest BCUT2D eigenvalue weighted by Gasteiger charge is 2.32. The van der Waals surface area contributed by atoms with Gasteiger partial charge < -0.3 is 15.4 Å². The second kappa shape index (κ2) is 6.69. The van der Waals surface area contributed by atoms with Crippen molar-refractivity contribution >= 4 is 5.82 Å². The van der Waals surface area contributed by atoms with Gasteiger partial charge in [0.05, 0.1) is 12.2 Å². The maximum absolute atomic E-state index is 9.15. The number of hydrogen-bond acceptors (Lipinski definition) is 5. The summed E-state index contributed by atoms with van der Waals surface area (Å²) in [5.41, 5.74) is 1.63. The maximum atomic E-state index is 9.15. The number of hydrogen-bond donors (Lipinski definition) is 2. The van der Waals surface area contributed by atoms with Crippen LogP contribution in [-0.4, -0.2) is 38.3 Å². The minimum absolute atomic E-state index is 0.123. The van der Waals surface area contributed by atoms with Crippen LogP contribution in [0.5, 0.6) is 0 Å². The fourth-order valence-electron chi connectivity index (χ4n) is 2.69. The molecule has 1 aromatic heterocycles. The molecular weight excluding hydrogens is 252 g/mol. The largest absolute Gasteiger partial charge is 0.384 e. The first kappa shape index (κ1) is 14.8. The molecule has 0 spiro atoms. The van der Waals surface area contributed by atoms with Crippen molar-refractivity contribution < 1.29 is 4.74 Å². The van der Waals surface area contributed by atoms with Crippen LogP contribution in [0.1, 0.15) is 24.1 Å². The van der Waals surface area contributed by atoms with Crippen molar-refractivity contribution in [3.8, 4) is 6.07 Å². The first-order valence-electron chi connectivity index (χ1n) is 7.00. The molecular formula is C15H22N4O. The third-order valence-electron chi connectivity index (χ3n) is 3.90. The van der Waals surface area contributed by atoms with E-state index in [1.54, 1.807) is 7.11 Å². The van der Waals surface area contributed by atoms with Crippen molar-refractivity contribution in [2.75, 3.05) is 38.7 Å². The molecule has 0 aromatic carbocycles. The Morgan fingerprint density at radius 2 is 2.20 bits per heavy atom. The number of aryl methyl sites for hydroxylation is 1. The molecule has 2 heterocycles. The monoisotopic (exact) mass is 274 g/mol. The summed E-state index contributed by atoms with van der Waals surface area (Å²) in [6.07, 6.45) is 2.14. The number of pyridine rings is 1. The van der Waals surface area contributed by atoms with Crippen LogP contribution >= 0.6 is 0 Å². The molecule has 0 unspecified atom stereocenters. The van der Waals surface area contributed by atoms with Gasteiger partial charge in [0.25, 0.3) is 0 Å². The zero-order valence-electron chi connectivity index (χ0n) is 12.2. The molecule has 0 atom stereocenters. The Labute approximate surface area is 120 Å². The van der Waals surface area contributed by atoms with Crippen molar-refractivity contribution in [2.45, 2.75) is 19.8 Å². The lowest BCUT2D eigenvalue weighted by Gasteiger charge is -2.37. The van der Waals surface area contributed by atoms with Crippen molar-refractivity contribution in [3.05, 3.63) is 23.4 Å². The molecule has 20 heavy (non-hydrogen) atoms. The lowest BCUT2D eigenvalue weighted by molar-refractivity contribution is 0.0635. The van der Waals surface area contributed by atoms with E-state index >= 15 is 0 Å². The number of anilines is 1. The summed E-state index contributed by atoms with van der Waals surface area (Å²) >= 11 is 0. The van der Waals surface area contributed by atoms with E-state index in [1.165, 1.54) is 0 Å². The summed E-state index contributed by atoms with van der Waals surface area (Å²) in [6, 6.07) is 5.86. The van der Waals surface area contributed by atoms with E-state index in [0.717, 1.165) is 44.8 Å². The van der Waals surface area contributed by atoms with Crippen molar-refractivity contribution in [3.63, 3.8) is 0 Å². The van der Waals surface area contributed by atoms with Crippen LogP contribution < -0.4 is 10.6 Å². The lowest BCUT2D eigenvalue weighted by atomic mass is 9.79. The molecule has 0 amide bonds. The standard InChI is InChI=1S/C15H22N4O/c1-12-3-4-13(9-16)14(19-12)18-10-15(11-20-2)5-7-17-8-6-15/h3-4,17H,5-8,10-11H2,1-2H3,(H,18,19). The molecule has 1 saturated heterocycles. The molecule has 0 saturated carbocycles. The number of ether oxygens (including phenoxy) is 1. The van der Waals surface area contributed by atoms with Crippen molar-refractivity contribution in [1.82, 2.24) is 10.3 Å². The first-order chi connectivity index (χ1) is 9.69. The number of piperidine rings is 1. The van der Waals surface area contributed by atoms with Gasteiger partial charge in [-0.2, -0.15) is 5.26 Å². The van der Waals surface area contributed by atoms with E-state index in [1.807, 2.05) is 19.1 Å². The molecule has 108 valence electrons. The van der Waals surface area contributed by atoms with Gasteiger partial charge in [0, 0.05) is 24.8 Å². The van der Waals surface area contributed by atoms with E-state index in [-0.39, 0.29) is 5.41 Å². The van der Waals surface area contributed by atoms with Gasteiger partial charge in [0.2, 0.25) is 0 Å². The zero-order valence-corrected chi connectivity index (χ0v) is 12.2. The quantitative estimate of drug-likeness (QED) is 0.855. The van der Waals surface area contributed by atoms with Crippen molar-refractivity contribution in [1.29, 1.82) is 5.26 Å². The maximum Gasteiger partial charge on any atom is 0.144 e. The molecule has 1 aliphatic heterocycles. The molecule has 0 bridgehead atoms. The average molecular weight is 274 g/mol. The molecule has 2 rings (SSSR count). The fourth-order valence-corrected chi connectivity index (χ4v) is 2.69. The summed E-state index contributed by atoms with van der Waals surface area (Å²) in [5, 5.41) is 15.9. The SMILES string of the molecule is COCC1(CNc2nc(C)ccc2C#N)CCNCC1. The van der Waals surface area contributed by atoms with E-state index in [0.29, 0.717) is 11.4 Å². The highest BCUT2D eigenvalue weighted by Crippen LogP contribution is 2.29. The topological polar surface area (TPSA) is 70.0 Å². The van der Waals surface area contributed by atoms with Crippen LogP contribution in [-0.2, 0) is 4.74 Å². The number of rotatable bonds is 5. The van der Waals surface area contributed by atoms with Crippen LogP contribution in [0.25, 0.3) is 0 Å². The molecule has 5 nitrogen and oxygen atoms in total. The van der Waals surface area contributed by atoms with E-state index < -0.39 is 0 Å². The molecule has 1 aromatic rings. The Balaban J connectivity index is 2.09. The van der Waals surface area contributed by atoms with E-state index in [2.05, 4.69) is 21.7 Å². The summed E-state index contributed by atoms with van der Waals surface area (Å²) < 4.78 is 5.40. The highest BCUT2D eigenvalue weighted by atomic mass is 16.5. The van der Waals surface area contributed by atoms with Crippen LogP contribution in [0.15, 0.2) is 12.1 Å². The predicted molar refractivity (Wildman–Crippen MR) is 78.6 cm³/mol. The zero-order chi connectivity index (χ0) is 14.4.